The van der Waals surface area contributed by atoms with Gasteiger partial charge in [0.2, 0.25) is 0 Å². The highest BCUT2D eigenvalue weighted by atomic mass is 32.1. The van der Waals surface area contributed by atoms with E-state index in [4.69, 9.17) is 11.1 Å². The molecule has 0 amide bonds. The van der Waals surface area contributed by atoms with Crippen molar-refractivity contribution in [2.75, 3.05) is 14.1 Å². The summed E-state index contributed by atoms with van der Waals surface area (Å²) in [5, 5.41) is 6.83. The van der Waals surface area contributed by atoms with Gasteiger partial charge in [-0.1, -0.05) is 12.2 Å². The zero-order valence-electron chi connectivity index (χ0n) is 4.93. The topological polar surface area (TPSA) is 53.1 Å². The Hall–Kier alpha value is -0.640. The van der Waals surface area contributed by atoms with E-state index in [0.29, 0.717) is 4.99 Å². The number of rotatable bonds is 0. The Morgan fingerprint density at radius 2 is 2.00 bits per heavy atom. The molecule has 0 aromatic carbocycles. The lowest BCUT2D eigenvalue weighted by molar-refractivity contribution is 0.642. The van der Waals surface area contributed by atoms with Crippen LogP contribution in [0.1, 0.15) is 0 Å². The van der Waals surface area contributed by atoms with Gasteiger partial charge in [-0.15, -0.1) is 0 Å². The molecule has 0 heterocycles. The lowest BCUT2D eigenvalue weighted by atomic mass is 10.5. The highest BCUT2D eigenvalue weighted by Crippen LogP contribution is 1.79. The first-order valence-electron chi connectivity index (χ1n) is 2.11. The van der Waals surface area contributed by atoms with Gasteiger partial charge >= 0.3 is 0 Å². The number of hydrogen-bond donors (Lipinski definition) is 2. The highest BCUT2D eigenvalue weighted by molar-refractivity contribution is 7.82. The molecular formula is C4H9N3S. The van der Waals surface area contributed by atoms with Crippen LogP contribution in [0.25, 0.3) is 0 Å². The minimum absolute atomic E-state index is 0.0509. The summed E-state index contributed by atoms with van der Waals surface area (Å²) >= 11 is 4.68. The summed E-state index contributed by atoms with van der Waals surface area (Å²) in [6.07, 6.45) is 0. The van der Waals surface area contributed by atoms with Gasteiger partial charge in [0.05, 0.1) is 0 Å². The van der Waals surface area contributed by atoms with Crippen LogP contribution >= 0.6 is 12.2 Å². The molecular weight excluding hydrogens is 122 g/mol. The summed E-state index contributed by atoms with van der Waals surface area (Å²) < 4.78 is 0. The molecule has 0 saturated carbocycles. The number of nitrogens with zero attached hydrogens (tertiary/aromatic N) is 1. The lowest BCUT2D eigenvalue weighted by Crippen LogP contribution is -2.32. The molecule has 0 aromatic rings. The van der Waals surface area contributed by atoms with E-state index in [0.717, 1.165) is 0 Å². The van der Waals surface area contributed by atoms with Crippen LogP contribution in [0.4, 0.5) is 0 Å². The molecule has 0 aliphatic heterocycles. The van der Waals surface area contributed by atoms with Crippen molar-refractivity contribution in [3.63, 3.8) is 0 Å². The first kappa shape index (κ1) is 7.36. The number of nitrogens with two attached hydrogens (primary N) is 1. The smallest absolute Gasteiger partial charge is 0.150 e. The first-order chi connectivity index (χ1) is 3.55. The zero-order valence-corrected chi connectivity index (χ0v) is 5.75. The van der Waals surface area contributed by atoms with Crippen molar-refractivity contribution in [2.45, 2.75) is 0 Å². The van der Waals surface area contributed by atoms with Crippen LogP contribution in [0.2, 0.25) is 0 Å². The molecule has 8 heavy (non-hydrogen) atoms. The third kappa shape index (κ3) is 1.88. The summed E-state index contributed by atoms with van der Waals surface area (Å²) in [7, 11) is 3.51. The van der Waals surface area contributed by atoms with E-state index in [1.54, 1.807) is 19.0 Å². The number of thiocarbonyl (C=S) groups is 1. The van der Waals surface area contributed by atoms with Crippen LogP contribution < -0.4 is 5.73 Å². The molecule has 0 fully saturated rings. The normalized spacial score (nSPS) is 8.25. The van der Waals surface area contributed by atoms with Gasteiger partial charge < -0.3 is 10.6 Å². The van der Waals surface area contributed by atoms with E-state index >= 15 is 0 Å². The average molecular weight is 131 g/mol. The fraction of sp³-hybridized carbons (Fsp3) is 0.500. The standard InChI is InChI=1S/C4H9N3S/c1-7(2)4(8)3(5)6/h1-2H3,(H3,5,6). The number of amidine groups is 1. The third-order valence-corrected chi connectivity index (χ3v) is 1.22. The maximum atomic E-state index is 6.83. The van der Waals surface area contributed by atoms with E-state index in [2.05, 4.69) is 12.2 Å². The van der Waals surface area contributed by atoms with Gasteiger partial charge in [0.1, 0.15) is 4.99 Å². The van der Waals surface area contributed by atoms with Crippen LogP contribution in [0.3, 0.4) is 0 Å². The molecule has 0 spiro atoms. The molecule has 0 atom stereocenters. The van der Waals surface area contributed by atoms with E-state index in [1.165, 1.54) is 0 Å². The van der Waals surface area contributed by atoms with Gasteiger partial charge in [-0.3, -0.25) is 5.41 Å². The van der Waals surface area contributed by atoms with Crippen molar-refractivity contribution in [1.82, 2.24) is 4.90 Å². The van der Waals surface area contributed by atoms with Gasteiger partial charge in [0, 0.05) is 14.1 Å². The Labute approximate surface area is 54.0 Å². The van der Waals surface area contributed by atoms with Crippen molar-refractivity contribution in [2.24, 2.45) is 5.73 Å². The molecule has 0 saturated heterocycles. The highest BCUT2D eigenvalue weighted by Gasteiger charge is 1.98. The maximum absolute atomic E-state index is 6.83. The molecule has 0 rings (SSSR count). The van der Waals surface area contributed by atoms with Crippen LogP contribution in [0.5, 0.6) is 0 Å². The first-order valence-corrected chi connectivity index (χ1v) is 2.52. The Bertz CT molecular complexity index is 118. The largest absolute Gasteiger partial charge is 0.382 e. The lowest BCUT2D eigenvalue weighted by Gasteiger charge is -2.10. The van der Waals surface area contributed by atoms with E-state index in [1.807, 2.05) is 0 Å². The predicted octanol–water partition coefficient (Wildman–Crippen LogP) is -0.189. The Balaban J connectivity index is 3.84. The summed E-state index contributed by atoms with van der Waals surface area (Å²) in [5.41, 5.74) is 5.04. The van der Waals surface area contributed by atoms with Crippen LogP contribution in [0.15, 0.2) is 0 Å². The predicted molar refractivity (Wildman–Crippen MR) is 38.2 cm³/mol. The van der Waals surface area contributed by atoms with E-state index in [-0.39, 0.29) is 5.84 Å². The van der Waals surface area contributed by atoms with Gasteiger partial charge in [-0.25, -0.2) is 0 Å². The Morgan fingerprint density at radius 1 is 1.62 bits per heavy atom. The quantitative estimate of drug-likeness (QED) is 0.272. The van der Waals surface area contributed by atoms with Gasteiger partial charge in [-0.2, -0.15) is 0 Å². The minimum Gasteiger partial charge on any atom is -0.382 e. The average Bonchev–Trinajstić information content (AvgIpc) is 1.64. The molecule has 0 radical (unpaired) electrons. The molecule has 3 nitrogen and oxygen atoms in total. The van der Waals surface area contributed by atoms with Crippen molar-refractivity contribution in [3.8, 4) is 0 Å². The fourth-order valence-corrected chi connectivity index (χ4v) is 0.241. The molecule has 0 unspecified atom stereocenters. The Morgan fingerprint density at radius 3 is 2.00 bits per heavy atom. The number of likely N-dealkylation sites (N-methyl/N-ethyl adjacent to an activating group) is 1. The second-order valence-electron chi connectivity index (χ2n) is 1.61. The summed E-state index contributed by atoms with van der Waals surface area (Å²) in [5.74, 6) is -0.0509. The van der Waals surface area contributed by atoms with Crippen molar-refractivity contribution >= 4 is 23.0 Å². The summed E-state index contributed by atoms with van der Waals surface area (Å²) in [6, 6.07) is 0. The molecule has 0 bridgehead atoms. The van der Waals surface area contributed by atoms with Crippen LogP contribution in [0, 0.1) is 5.41 Å². The molecule has 46 valence electrons. The number of nitrogens with one attached hydrogen (secondary N) is 1. The second-order valence-corrected chi connectivity index (χ2v) is 2.00. The molecule has 0 aliphatic rings. The van der Waals surface area contributed by atoms with Gasteiger partial charge in [0.25, 0.3) is 0 Å². The van der Waals surface area contributed by atoms with Gasteiger partial charge in [-0.05, 0) is 0 Å². The van der Waals surface area contributed by atoms with E-state index in [9.17, 15) is 0 Å². The number of hydrogen-bond acceptors (Lipinski definition) is 2. The van der Waals surface area contributed by atoms with Crippen molar-refractivity contribution in [3.05, 3.63) is 0 Å². The molecule has 0 aromatic heterocycles. The summed E-state index contributed by atoms with van der Waals surface area (Å²) in [4.78, 5) is 2.00. The molecule has 0 aliphatic carbocycles. The molecule has 4 heteroatoms. The monoisotopic (exact) mass is 131 g/mol. The zero-order chi connectivity index (χ0) is 6.73. The van der Waals surface area contributed by atoms with Crippen molar-refractivity contribution in [1.29, 1.82) is 5.41 Å². The van der Waals surface area contributed by atoms with Crippen LogP contribution in [-0.2, 0) is 0 Å². The molecule has 3 N–H and O–H groups in total. The summed E-state index contributed by atoms with van der Waals surface area (Å²) in [6.45, 7) is 0. The van der Waals surface area contributed by atoms with Gasteiger partial charge in [0.15, 0.2) is 5.84 Å². The third-order valence-electron chi connectivity index (χ3n) is 0.637. The van der Waals surface area contributed by atoms with E-state index < -0.39 is 0 Å². The Kier molecular flexibility index (Phi) is 2.41. The fourth-order valence-electron chi connectivity index (χ4n) is 0.241. The maximum Gasteiger partial charge on any atom is 0.150 e. The minimum atomic E-state index is -0.0509. The second kappa shape index (κ2) is 2.61. The SMILES string of the molecule is CN(C)C(=S)C(=N)N. The van der Waals surface area contributed by atoms with Crippen LogP contribution in [-0.4, -0.2) is 29.8 Å². The van der Waals surface area contributed by atoms with Crippen molar-refractivity contribution < 1.29 is 0 Å².